The SMILES string of the molecule is Cc1cccc2c1N(Cc1ccccc1)CCc1onc(C)c1-2.Cc1cccc2c1NCCc1onc(C)c1-2.O=Cc1ccccc1. The molecule has 8 rings (SSSR count). The molecule has 0 amide bonds. The van der Waals surface area contributed by atoms with E-state index < -0.39 is 0 Å². The first-order chi connectivity index (χ1) is 22.9. The van der Waals surface area contributed by atoms with Gasteiger partial charge in [0.1, 0.15) is 17.8 Å². The second kappa shape index (κ2) is 14.3. The van der Waals surface area contributed by atoms with Gasteiger partial charge in [-0.2, -0.15) is 0 Å². The Bertz CT molecular complexity index is 1960. The van der Waals surface area contributed by atoms with Gasteiger partial charge in [-0.25, -0.2) is 0 Å². The highest BCUT2D eigenvalue weighted by Crippen LogP contribution is 2.41. The quantitative estimate of drug-likeness (QED) is 0.197. The third-order valence-corrected chi connectivity index (χ3v) is 8.65. The van der Waals surface area contributed by atoms with Gasteiger partial charge in [-0.1, -0.05) is 107 Å². The fourth-order valence-electron chi connectivity index (χ4n) is 6.40. The van der Waals surface area contributed by atoms with E-state index in [-0.39, 0.29) is 0 Å². The lowest BCUT2D eigenvalue weighted by atomic mass is 9.99. The Balaban J connectivity index is 0.000000139. The number of aldehydes is 1. The Morgan fingerprint density at radius 2 is 1.30 bits per heavy atom. The van der Waals surface area contributed by atoms with E-state index >= 15 is 0 Å². The lowest BCUT2D eigenvalue weighted by Crippen LogP contribution is -2.25. The second-order valence-corrected chi connectivity index (χ2v) is 12.0. The van der Waals surface area contributed by atoms with Crippen LogP contribution in [0.3, 0.4) is 0 Å². The smallest absolute Gasteiger partial charge is 0.150 e. The molecule has 7 nitrogen and oxygen atoms in total. The third kappa shape index (κ3) is 6.89. The van der Waals surface area contributed by atoms with Gasteiger partial charge < -0.3 is 19.3 Å². The van der Waals surface area contributed by atoms with Crippen molar-refractivity contribution in [2.24, 2.45) is 0 Å². The van der Waals surface area contributed by atoms with Gasteiger partial charge in [0.15, 0.2) is 0 Å². The highest BCUT2D eigenvalue weighted by molar-refractivity contribution is 5.85. The van der Waals surface area contributed by atoms with Crippen LogP contribution in [0.5, 0.6) is 0 Å². The van der Waals surface area contributed by atoms with Crippen LogP contribution >= 0.6 is 0 Å². The minimum absolute atomic E-state index is 0.729. The van der Waals surface area contributed by atoms with Crippen LogP contribution in [0.2, 0.25) is 0 Å². The van der Waals surface area contributed by atoms with Crippen LogP contribution < -0.4 is 10.2 Å². The molecule has 47 heavy (non-hydrogen) atoms. The summed E-state index contributed by atoms with van der Waals surface area (Å²) in [5.41, 5.74) is 13.9. The van der Waals surface area contributed by atoms with E-state index in [1.54, 1.807) is 12.1 Å². The molecule has 4 heterocycles. The van der Waals surface area contributed by atoms with Crippen LogP contribution in [0.4, 0.5) is 11.4 Å². The third-order valence-electron chi connectivity index (χ3n) is 8.65. The molecular formula is C40H40N4O3. The number of aryl methyl sites for hydroxylation is 4. The van der Waals surface area contributed by atoms with Crippen LogP contribution in [0.1, 0.15) is 50.0 Å². The standard InChI is InChI=1S/C20H20N2O.C13H14N2O.C7H6O/c1-14-7-6-10-17-19-15(2)21-23-18(19)11-12-22(20(14)17)13-16-8-4-3-5-9-16;1-8-4-3-5-10-12-9(2)15-16-11(12)6-7-14-13(8)10;8-6-7-4-2-1-3-5-7/h3-10H,11-13H2,1-2H3;3-5,14H,6-7H2,1-2H3;1-6H. The van der Waals surface area contributed by atoms with Crippen molar-refractivity contribution in [3.8, 4) is 22.3 Å². The van der Waals surface area contributed by atoms with Gasteiger partial charge in [0.25, 0.3) is 0 Å². The molecule has 7 heteroatoms. The molecule has 0 saturated carbocycles. The maximum atomic E-state index is 10.0. The predicted molar refractivity (Wildman–Crippen MR) is 188 cm³/mol. The van der Waals surface area contributed by atoms with E-state index in [0.717, 1.165) is 67.2 Å². The lowest BCUT2D eigenvalue weighted by Gasteiger charge is -2.27. The first-order valence-corrected chi connectivity index (χ1v) is 16.1. The number of nitrogens with one attached hydrogen (secondary N) is 1. The second-order valence-electron chi connectivity index (χ2n) is 12.0. The molecule has 0 bridgehead atoms. The maximum Gasteiger partial charge on any atom is 0.150 e. The molecule has 6 aromatic rings. The number of rotatable bonds is 3. The summed E-state index contributed by atoms with van der Waals surface area (Å²) in [4.78, 5) is 12.5. The van der Waals surface area contributed by atoms with E-state index in [9.17, 15) is 4.79 Å². The van der Waals surface area contributed by atoms with Gasteiger partial charge in [-0.05, 0) is 44.4 Å². The molecule has 0 aliphatic carbocycles. The van der Waals surface area contributed by atoms with Gasteiger partial charge in [0.05, 0.1) is 11.4 Å². The van der Waals surface area contributed by atoms with Crippen LogP contribution in [-0.4, -0.2) is 29.7 Å². The molecule has 2 aliphatic rings. The minimum atomic E-state index is 0.729. The van der Waals surface area contributed by atoms with Gasteiger partial charge in [-0.15, -0.1) is 0 Å². The molecule has 0 unspecified atom stereocenters. The van der Waals surface area contributed by atoms with Crippen molar-refractivity contribution in [3.05, 3.63) is 142 Å². The number of anilines is 2. The lowest BCUT2D eigenvalue weighted by molar-refractivity contribution is 0.112. The van der Waals surface area contributed by atoms with E-state index in [0.29, 0.717) is 0 Å². The minimum Gasteiger partial charge on any atom is -0.384 e. The normalized spacial score (nSPS) is 12.6. The number of aromatic nitrogens is 2. The summed E-state index contributed by atoms with van der Waals surface area (Å²) in [6.45, 7) is 11.1. The summed E-state index contributed by atoms with van der Waals surface area (Å²) in [6, 6.07) is 32.6. The van der Waals surface area contributed by atoms with Gasteiger partial charge in [-0.3, -0.25) is 4.79 Å². The number of carbonyl (C=O) groups is 1. The summed E-state index contributed by atoms with van der Waals surface area (Å²) in [5.74, 6) is 2.00. The average molecular weight is 625 g/mol. The maximum absolute atomic E-state index is 10.0. The number of carbonyl (C=O) groups excluding carboxylic acids is 1. The Morgan fingerprint density at radius 3 is 1.96 bits per heavy atom. The zero-order chi connectivity index (χ0) is 32.8. The first kappa shape index (κ1) is 31.5. The number of hydrogen-bond donors (Lipinski definition) is 1. The molecular weight excluding hydrogens is 584 g/mol. The van der Waals surface area contributed by atoms with Gasteiger partial charge >= 0.3 is 0 Å². The Hall–Kier alpha value is -5.43. The van der Waals surface area contributed by atoms with Crippen LogP contribution in [0.15, 0.2) is 106 Å². The van der Waals surface area contributed by atoms with E-state index in [1.807, 2.05) is 32.0 Å². The van der Waals surface area contributed by atoms with Crippen molar-refractivity contribution >= 4 is 17.7 Å². The van der Waals surface area contributed by atoms with Crippen LogP contribution in [-0.2, 0) is 19.4 Å². The first-order valence-electron chi connectivity index (χ1n) is 16.1. The van der Waals surface area contributed by atoms with Crippen LogP contribution in [0, 0.1) is 27.7 Å². The number of para-hydroxylation sites is 2. The molecule has 0 atom stereocenters. The van der Waals surface area contributed by atoms with Gasteiger partial charge in [0, 0.05) is 71.7 Å². The predicted octanol–water partition coefficient (Wildman–Crippen LogP) is 8.95. The Kier molecular flexibility index (Phi) is 9.62. The molecule has 238 valence electrons. The highest BCUT2D eigenvalue weighted by atomic mass is 16.5. The van der Waals surface area contributed by atoms with E-state index in [2.05, 4.69) is 101 Å². The van der Waals surface area contributed by atoms with Crippen LogP contribution in [0.25, 0.3) is 22.3 Å². The molecule has 0 fully saturated rings. The summed E-state index contributed by atoms with van der Waals surface area (Å²) in [6.07, 6.45) is 2.61. The number of hydrogen-bond acceptors (Lipinski definition) is 7. The molecule has 4 aromatic carbocycles. The molecule has 0 spiro atoms. The zero-order valence-corrected chi connectivity index (χ0v) is 27.4. The summed E-state index contributed by atoms with van der Waals surface area (Å²) in [7, 11) is 0. The van der Waals surface area contributed by atoms with Crippen molar-refractivity contribution < 1.29 is 13.8 Å². The number of fused-ring (bicyclic) bond motifs is 6. The van der Waals surface area contributed by atoms with Crippen molar-refractivity contribution in [3.63, 3.8) is 0 Å². The van der Waals surface area contributed by atoms with E-state index in [1.165, 1.54) is 50.3 Å². The van der Waals surface area contributed by atoms with Crippen molar-refractivity contribution in [2.75, 3.05) is 23.3 Å². The average Bonchev–Trinajstić information content (AvgIpc) is 3.52. The summed E-state index contributed by atoms with van der Waals surface area (Å²) in [5, 5.41) is 11.7. The Labute approximate surface area is 276 Å². The monoisotopic (exact) mass is 624 g/mol. The van der Waals surface area contributed by atoms with Crippen molar-refractivity contribution in [1.29, 1.82) is 0 Å². The highest BCUT2D eigenvalue weighted by Gasteiger charge is 2.26. The molecule has 0 radical (unpaired) electrons. The number of nitrogens with zero attached hydrogens (tertiary/aromatic N) is 3. The van der Waals surface area contributed by atoms with E-state index in [4.69, 9.17) is 9.05 Å². The van der Waals surface area contributed by atoms with Crippen molar-refractivity contribution in [2.45, 2.75) is 47.1 Å². The fraction of sp³-hybridized carbons (Fsp3) is 0.225. The molecule has 2 aromatic heterocycles. The fourth-order valence-corrected chi connectivity index (χ4v) is 6.40. The topological polar surface area (TPSA) is 84.4 Å². The largest absolute Gasteiger partial charge is 0.384 e. The Morgan fingerprint density at radius 1 is 0.702 bits per heavy atom. The molecule has 2 aliphatic heterocycles. The molecule has 0 saturated heterocycles. The van der Waals surface area contributed by atoms with Gasteiger partial charge in [0.2, 0.25) is 0 Å². The number of benzene rings is 4. The zero-order valence-electron chi connectivity index (χ0n) is 27.4. The summed E-state index contributed by atoms with van der Waals surface area (Å²) < 4.78 is 11.0. The summed E-state index contributed by atoms with van der Waals surface area (Å²) >= 11 is 0. The van der Waals surface area contributed by atoms with Crippen molar-refractivity contribution in [1.82, 2.24) is 10.3 Å². The molecule has 1 N–H and O–H groups in total.